The Morgan fingerprint density at radius 3 is 2.53 bits per heavy atom. The Labute approximate surface area is 108 Å². The molecule has 1 aromatic carbocycles. The second-order valence-electron chi connectivity index (χ2n) is 4.64. The maximum atomic E-state index is 8.88. The van der Waals surface area contributed by atoms with Crippen LogP contribution in [0, 0.1) is 11.3 Å². The van der Waals surface area contributed by atoms with E-state index in [1.54, 1.807) is 12.1 Å². The Bertz CT molecular complexity index is 415. The van der Waals surface area contributed by atoms with Crippen molar-refractivity contribution in [1.29, 1.82) is 5.26 Å². The van der Waals surface area contributed by atoms with E-state index in [9.17, 15) is 0 Å². The Hall–Kier alpha value is -1.20. The van der Waals surface area contributed by atoms with E-state index in [4.69, 9.17) is 16.9 Å². The van der Waals surface area contributed by atoms with Gasteiger partial charge >= 0.3 is 0 Å². The molecule has 1 aliphatic rings. The summed E-state index contributed by atoms with van der Waals surface area (Å²) in [6, 6.07) is 8.03. The average Bonchev–Trinajstić information content (AvgIpc) is 2.60. The summed E-state index contributed by atoms with van der Waals surface area (Å²) in [5, 5.41) is 13.1. The van der Waals surface area contributed by atoms with Crippen LogP contribution in [-0.4, -0.2) is 6.04 Å². The molecule has 2 nitrogen and oxygen atoms in total. The van der Waals surface area contributed by atoms with Gasteiger partial charge in [-0.1, -0.05) is 37.3 Å². The number of hydrogen-bond acceptors (Lipinski definition) is 2. The van der Waals surface area contributed by atoms with Gasteiger partial charge in [0.2, 0.25) is 0 Å². The fourth-order valence-corrected chi connectivity index (χ4v) is 2.52. The first-order valence-electron chi connectivity index (χ1n) is 6.26. The zero-order valence-electron chi connectivity index (χ0n) is 9.88. The van der Waals surface area contributed by atoms with Gasteiger partial charge in [-0.25, -0.2) is 0 Å². The molecule has 0 spiro atoms. The summed E-state index contributed by atoms with van der Waals surface area (Å²) in [4.78, 5) is 0. The van der Waals surface area contributed by atoms with Crippen molar-refractivity contribution in [1.82, 2.24) is 0 Å². The fourth-order valence-electron chi connectivity index (χ4n) is 2.35. The fraction of sp³-hybridized carbons (Fsp3) is 0.500. The molecule has 0 saturated heterocycles. The monoisotopic (exact) mass is 248 g/mol. The van der Waals surface area contributed by atoms with Gasteiger partial charge in [-0.2, -0.15) is 5.26 Å². The Morgan fingerprint density at radius 1 is 1.18 bits per heavy atom. The highest BCUT2D eigenvalue weighted by Gasteiger charge is 2.13. The number of nitrogens with one attached hydrogen (secondary N) is 1. The van der Waals surface area contributed by atoms with E-state index in [1.807, 2.05) is 6.07 Å². The van der Waals surface area contributed by atoms with Crippen LogP contribution in [-0.2, 0) is 0 Å². The minimum atomic E-state index is 0.504. The molecule has 0 bridgehead atoms. The highest BCUT2D eigenvalue weighted by molar-refractivity contribution is 6.33. The van der Waals surface area contributed by atoms with Crippen LogP contribution >= 0.6 is 11.6 Å². The number of nitriles is 1. The topological polar surface area (TPSA) is 35.8 Å². The zero-order chi connectivity index (χ0) is 12.1. The molecule has 1 fully saturated rings. The molecule has 0 aromatic heterocycles. The number of rotatable bonds is 2. The number of hydrogen-bond donors (Lipinski definition) is 1. The maximum absolute atomic E-state index is 8.88. The number of halogens is 1. The summed E-state index contributed by atoms with van der Waals surface area (Å²) in [7, 11) is 0. The van der Waals surface area contributed by atoms with Crippen molar-refractivity contribution in [3.05, 3.63) is 28.8 Å². The van der Waals surface area contributed by atoms with E-state index in [2.05, 4.69) is 11.4 Å². The lowest BCUT2D eigenvalue weighted by Gasteiger charge is -2.18. The average molecular weight is 249 g/mol. The highest BCUT2D eigenvalue weighted by Crippen LogP contribution is 2.27. The molecule has 1 saturated carbocycles. The molecule has 17 heavy (non-hydrogen) atoms. The first kappa shape index (κ1) is 12.3. The normalized spacial score (nSPS) is 17.2. The highest BCUT2D eigenvalue weighted by atomic mass is 35.5. The van der Waals surface area contributed by atoms with Crippen LogP contribution in [0.5, 0.6) is 0 Å². The SMILES string of the molecule is N#Cc1ccc(Cl)c(NC2CCCCCC2)c1. The van der Waals surface area contributed by atoms with Crippen molar-refractivity contribution >= 4 is 17.3 Å². The van der Waals surface area contributed by atoms with Crippen molar-refractivity contribution in [3.8, 4) is 6.07 Å². The summed E-state index contributed by atoms with van der Waals surface area (Å²) >= 11 is 6.14. The summed E-state index contributed by atoms with van der Waals surface area (Å²) in [6.45, 7) is 0. The Morgan fingerprint density at radius 2 is 1.88 bits per heavy atom. The summed E-state index contributed by atoms with van der Waals surface area (Å²) in [5.74, 6) is 0. The van der Waals surface area contributed by atoms with Gasteiger partial charge in [-0.15, -0.1) is 0 Å². The van der Waals surface area contributed by atoms with Crippen LogP contribution in [0.3, 0.4) is 0 Å². The van der Waals surface area contributed by atoms with E-state index < -0.39 is 0 Å². The largest absolute Gasteiger partial charge is 0.381 e. The standard InChI is InChI=1S/C14H17ClN2/c15-13-8-7-11(10-16)9-14(13)17-12-5-3-1-2-4-6-12/h7-9,12,17H,1-6H2. The van der Waals surface area contributed by atoms with Gasteiger partial charge in [0, 0.05) is 6.04 Å². The van der Waals surface area contributed by atoms with Gasteiger partial charge < -0.3 is 5.32 Å². The molecule has 0 radical (unpaired) electrons. The zero-order valence-corrected chi connectivity index (χ0v) is 10.6. The van der Waals surface area contributed by atoms with Crippen LogP contribution in [0.15, 0.2) is 18.2 Å². The molecule has 90 valence electrons. The number of nitrogens with zero attached hydrogens (tertiary/aromatic N) is 1. The van der Waals surface area contributed by atoms with Crippen molar-refractivity contribution in [2.75, 3.05) is 5.32 Å². The molecular weight excluding hydrogens is 232 g/mol. The van der Waals surface area contributed by atoms with Crippen molar-refractivity contribution in [3.63, 3.8) is 0 Å². The van der Waals surface area contributed by atoms with E-state index >= 15 is 0 Å². The molecule has 0 amide bonds. The lowest BCUT2D eigenvalue weighted by Crippen LogP contribution is -2.18. The molecule has 3 heteroatoms. The lowest BCUT2D eigenvalue weighted by molar-refractivity contribution is 0.620. The molecule has 2 rings (SSSR count). The lowest BCUT2D eigenvalue weighted by atomic mass is 10.1. The third-order valence-electron chi connectivity index (χ3n) is 3.31. The van der Waals surface area contributed by atoms with E-state index in [0.717, 1.165) is 5.69 Å². The third kappa shape index (κ3) is 3.38. The summed E-state index contributed by atoms with van der Waals surface area (Å²) in [5.41, 5.74) is 1.56. The van der Waals surface area contributed by atoms with Gasteiger partial charge in [-0.05, 0) is 31.0 Å². The van der Waals surface area contributed by atoms with Gasteiger partial charge in [0.25, 0.3) is 0 Å². The molecule has 1 aromatic rings. The van der Waals surface area contributed by atoms with Crippen LogP contribution < -0.4 is 5.32 Å². The third-order valence-corrected chi connectivity index (χ3v) is 3.64. The maximum Gasteiger partial charge on any atom is 0.0992 e. The molecule has 0 heterocycles. The van der Waals surface area contributed by atoms with Crippen LogP contribution in [0.1, 0.15) is 44.1 Å². The van der Waals surface area contributed by atoms with Gasteiger partial charge in [0.1, 0.15) is 0 Å². The number of benzene rings is 1. The first-order valence-corrected chi connectivity index (χ1v) is 6.63. The Balaban J connectivity index is 2.09. The minimum Gasteiger partial charge on any atom is -0.381 e. The predicted octanol–water partition coefficient (Wildman–Crippen LogP) is 4.35. The second-order valence-corrected chi connectivity index (χ2v) is 5.05. The summed E-state index contributed by atoms with van der Waals surface area (Å²) < 4.78 is 0. The molecule has 1 aliphatic carbocycles. The van der Waals surface area contributed by atoms with Crippen molar-refractivity contribution in [2.45, 2.75) is 44.6 Å². The second kappa shape index (κ2) is 5.93. The van der Waals surface area contributed by atoms with E-state index in [1.165, 1.54) is 38.5 Å². The quantitative estimate of drug-likeness (QED) is 0.790. The molecule has 0 aliphatic heterocycles. The molecule has 0 atom stereocenters. The smallest absolute Gasteiger partial charge is 0.0992 e. The summed E-state index contributed by atoms with van der Waals surface area (Å²) in [6.07, 6.45) is 7.65. The van der Waals surface area contributed by atoms with Crippen LogP contribution in [0.2, 0.25) is 5.02 Å². The Kier molecular flexibility index (Phi) is 4.28. The van der Waals surface area contributed by atoms with Gasteiger partial charge in [0.15, 0.2) is 0 Å². The van der Waals surface area contributed by atoms with E-state index in [0.29, 0.717) is 16.6 Å². The van der Waals surface area contributed by atoms with Crippen LogP contribution in [0.25, 0.3) is 0 Å². The number of anilines is 1. The van der Waals surface area contributed by atoms with Crippen molar-refractivity contribution < 1.29 is 0 Å². The molecule has 1 N–H and O–H groups in total. The first-order chi connectivity index (χ1) is 8.29. The van der Waals surface area contributed by atoms with Gasteiger partial charge in [0.05, 0.1) is 22.3 Å². The molecular formula is C14H17ClN2. The molecule has 0 unspecified atom stereocenters. The minimum absolute atomic E-state index is 0.504. The predicted molar refractivity (Wildman–Crippen MR) is 71.3 cm³/mol. The van der Waals surface area contributed by atoms with Crippen molar-refractivity contribution in [2.24, 2.45) is 0 Å². The van der Waals surface area contributed by atoms with Crippen LogP contribution in [0.4, 0.5) is 5.69 Å². The van der Waals surface area contributed by atoms with E-state index in [-0.39, 0.29) is 0 Å². The van der Waals surface area contributed by atoms with Gasteiger partial charge in [-0.3, -0.25) is 0 Å².